The van der Waals surface area contributed by atoms with Gasteiger partial charge in [0.05, 0.1) is 29.0 Å². The highest BCUT2D eigenvalue weighted by molar-refractivity contribution is 5.90. The molecule has 0 bridgehead atoms. The molecule has 2 amide bonds. The summed E-state index contributed by atoms with van der Waals surface area (Å²) in [5, 5.41) is 3.28. The van der Waals surface area contributed by atoms with E-state index in [9.17, 15) is 24.0 Å². The lowest BCUT2D eigenvalue weighted by atomic mass is 9.85. The van der Waals surface area contributed by atoms with Gasteiger partial charge in [-0.3, -0.25) is 14.4 Å². The fraction of sp³-hybridized carbons (Fsp3) is 0.400. The van der Waals surface area contributed by atoms with Crippen molar-refractivity contribution in [3.63, 3.8) is 0 Å². The molecule has 12 heteroatoms. The molecule has 0 saturated heterocycles. The van der Waals surface area contributed by atoms with E-state index in [0.29, 0.717) is 17.9 Å². The minimum Gasteiger partial charge on any atom is -0.457 e. The van der Waals surface area contributed by atoms with Crippen LogP contribution in [0.3, 0.4) is 0 Å². The number of carbonyl (C=O) groups excluding carboxylic acids is 4. The molecule has 1 N–H and O–H groups in total. The van der Waals surface area contributed by atoms with Crippen LogP contribution in [0.15, 0.2) is 41.2 Å². The summed E-state index contributed by atoms with van der Waals surface area (Å²) < 4.78 is 17.8. The van der Waals surface area contributed by atoms with Gasteiger partial charge >= 0.3 is 18.0 Å². The first-order chi connectivity index (χ1) is 19.8. The van der Waals surface area contributed by atoms with Gasteiger partial charge in [0.15, 0.2) is 0 Å². The molecule has 2 aromatic heterocycles. The van der Waals surface area contributed by atoms with Gasteiger partial charge in [0.1, 0.15) is 25.3 Å². The normalized spacial score (nSPS) is 17.0. The lowest BCUT2D eigenvalue weighted by molar-refractivity contribution is -0.190. The summed E-state index contributed by atoms with van der Waals surface area (Å²) in [7, 11) is 1.36. The number of hydrogen-bond acceptors (Lipinski definition) is 9. The van der Waals surface area contributed by atoms with Crippen molar-refractivity contribution in [2.45, 2.75) is 58.5 Å². The maximum absolute atomic E-state index is 13.7. The number of carbonyl (C=O) groups is 4. The van der Waals surface area contributed by atoms with E-state index >= 15 is 0 Å². The van der Waals surface area contributed by atoms with Crippen LogP contribution in [0.5, 0.6) is 0 Å². The number of cyclic esters (lactones) is 1. The largest absolute Gasteiger partial charge is 0.457 e. The topological polar surface area (TPSA) is 146 Å². The molecule has 2 aliphatic rings. The number of benzene rings is 1. The maximum atomic E-state index is 13.7. The number of pyridine rings is 2. The van der Waals surface area contributed by atoms with Crippen molar-refractivity contribution in [2.75, 3.05) is 20.1 Å². The van der Waals surface area contributed by atoms with E-state index in [-0.39, 0.29) is 29.7 Å². The van der Waals surface area contributed by atoms with Gasteiger partial charge in [-0.25, -0.2) is 14.6 Å². The Kier molecular flexibility index (Phi) is 7.25. The molecule has 220 valence electrons. The predicted octanol–water partition coefficient (Wildman–Crippen LogP) is 2.61. The highest BCUT2D eigenvalue weighted by atomic mass is 16.6. The molecule has 0 fully saturated rings. The summed E-state index contributed by atoms with van der Waals surface area (Å²) in [5.74, 6) is -2.28. The number of esters is 2. The molecule has 5 rings (SSSR count). The Morgan fingerprint density at radius 1 is 1.17 bits per heavy atom. The van der Waals surface area contributed by atoms with Crippen molar-refractivity contribution in [2.24, 2.45) is 0 Å². The molecule has 2 aliphatic heterocycles. The number of hydrogen-bond donors (Lipinski definition) is 1. The third kappa shape index (κ3) is 5.19. The Morgan fingerprint density at radius 3 is 2.62 bits per heavy atom. The summed E-state index contributed by atoms with van der Waals surface area (Å²) in [6.07, 6.45) is -0.787. The average Bonchev–Trinajstić information content (AvgIpc) is 3.28. The number of rotatable bonds is 6. The predicted molar refractivity (Wildman–Crippen MR) is 150 cm³/mol. The van der Waals surface area contributed by atoms with Gasteiger partial charge in [-0.05, 0) is 45.4 Å². The highest BCUT2D eigenvalue weighted by Crippen LogP contribution is 2.41. The molecular formula is C30H32N4O8. The summed E-state index contributed by atoms with van der Waals surface area (Å²) in [6, 6.07) is 11.3. The van der Waals surface area contributed by atoms with Crippen LogP contribution in [-0.2, 0) is 47.3 Å². The van der Waals surface area contributed by atoms with Crippen LogP contribution in [0.1, 0.15) is 50.8 Å². The zero-order valence-electron chi connectivity index (χ0n) is 24.1. The number of alkyl carbamates (subject to hydrolysis) is 1. The van der Waals surface area contributed by atoms with Crippen molar-refractivity contribution in [3.05, 3.63) is 63.4 Å². The number of aromatic nitrogens is 2. The van der Waals surface area contributed by atoms with Crippen molar-refractivity contribution in [1.82, 2.24) is 19.8 Å². The summed E-state index contributed by atoms with van der Waals surface area (Å²) in [4.78, 5) is 70.2. The lowest BCUT2D eigenvalue weighted by Gasteiger charge is -2.36. The summed E-state index contributed by atoms with van der Waals surface area (Å²) in [6.45, 7) is 5.84. The molecule has 0 aliphatic carbocycles. The fourth-order valence-electron chi connectivity index (χ4n) is 5.19. The molecule has 0 radical (unpaired) electrons. The third-order valence-corrected chi connectivity index (χ3v) is 7.25. The molecule has 1 aromatic carbocycles. The van der Waals surface area contributed by atoms with Gasteiger partial charge in [-0.15, -0.1) is 0 Å². The first-order valence-electron chi connectivity index (χ1n) is 13.6. The Labute approximate surface area is 241 Å². The van der Waals surface area contributed by atoms with Crippen LogP contribution in [-0.4, -0.2) is 64.1 Å². The first kappa shape index (κ1) is 28.8. The van der Waals surface area contributed by atoms with E-state index in [1.807, 2.05) is 30.3 Å². The Balaban J connectivity index is 1.40. The van der Waals surface area contributed by atoms with Crippen LogP contribution >= 0.6 is 0 Å². The van der Waals surface area contributed by atoms with E-state index in [1.54, 1.807) is 38.3 Å². The molecule has 3 aromatic rings. The van der Waals surface area contributed by atoms with E-state index in [2.05, 4.69) is 5.32 Å². The first-order valence-corrected chi connectivity index (χ1v) is 13.6. The van der Waals surface area contributed by atoms with Gasteiger partial charge in [-0.2, -0.15) is 0 Å². The van der Waals surface area contributed by atoms with Crippen LogP contribution in [0.25, 0.3) is 22.3 Å². The van der Waals surface area contributed by atoms with Crippen LogP contribution in [0.4, 0.5) is 4.79 Å². The number of fused-ring (bicyclic) bond motifs is 5. The van der Waals surface area contributed by atoms with E-state index < -0.39 is 48.2 Å². The zero-order valence-corrected chi connectivity index (χ0v) is 24.1. The van der Waals surface area contributed by atoms with Crippen LogP contribution in [0, 0.1) is 0 Å². The molecule has 0 saturated carbocycles. The Morgan fingerprint density at radius 2 is 1.90 bits per heavy atom. The van der Waals surface area contributed by atoms with Crippen molar-refractivity contribution >= 4 is 34.8 Å². The van der Waals surface area contributed by atoms with Crippen molar-refractivity contribution in [1.29, 1.82) is 0 Å². The fourth-order valence-corrected chi connectivity index (χ4v) is 5.19. The molecular weight excluding hydrogens is 544 g/mol. The second kappa shape index (κ2) is 10.6. The molecule has 1 atom stereocenters. The molecule has 12 nitrogen and oxygen atoms in total. The number of ether oxygens (including phenoxy) is 3. The highest BCUT2D eigenvalue weighted by Gasteiger charge is 2.50. The monoisotopic (exact) mass is 576 g/mol. The van der Waals surface area contributed by atoms with Gasteiger partial charge in [0, 0.05) is 23.6 Å². The van der Waals surface area contributed by atoms with Crippen LogP contribution < -0.4 is 10.9 Å². The van der Waals surface area contributed by atoms with Crippen molar-refractivity contribution < 1.29 is 33.4 Å². The number of amides is 2. The molecule has 0 unspecified atom stereocenters. The number of likely N-dealkylation sites (N-methyl/N-ethyl adjacent to an activating group) is 1. The number of nitrogens with zero attached hydrogens (tertiary/aromatic N) is 3. The van der Waals surface area contributed by atoms with Crippen LogP contribution in [0.2, 0.25) is 0 Å². The molecule has 0 spiro atoms. The summed E-state index contributed by atoms with van der Waals surface area (Å²) >= 11 is 0. The molecule has 4 heterocycles. The quantitative estimate of drug-likeness (QED) is 0.270. The minimum absolute atomic E-state index is 0.0106. The standard InChI is InChI=1S/C30H32N4O8/c1-6-30(41-24(36)15-33(5)23(35)13-31-28(39)42-29(2,3)4)20-12-22-25-18(11-17-9-7-8-10-21(17)32-25)14-34(22)26(37)19(20)16-40-27(30)38/h7-12H,6,13-16H2,1-5H3,(H,31,39)/t30-/m0/s1. The molecule has 42 heavy (non-hydrogen) atoms. The van der Waals surface area contributed by atoms with E-state index in [0.717, 1.165) is 21.4 Å². The number of nitrogens with one attached hydrogen (secondary N) is 1. The summed E-state index contributed by atoms with van der Waals surface area (Å²) in [5.41, 5.74) is 0.234. The van der Waals surface area contributed by atoms with Crippen molar-refractivity contribution in [3.8, 4) is 11.4 Å². The lowest BCUT2D eigenvalue weighted by Crippen LogP contribution is -2.49. The second-order valence-corrected chi connectivity index (χ2v) is 11.3. The minimum atomic E-state index is -1.89. The van der Waals surface area contributed by atoms with Gasteiger partial charge < -0.3 is 29.0 Å². The Bertz CT molecular complexity index is 1690. The smallest absolute Gasteiger partial charge is 0.408 e. The Hall–Kier alpha value is -4.74. The second-order valence-electron chi connectivity index (χ2n) is 11.3. The van der Waals surface area contributed by atoms with Gasteiger partial charge in [-0.1, -0.05) is 25.1 Å². The number of para-hydroxylation sites is 1. The zero-order chi connectivity index (χ0) is 30.4. The maximum Gasteiger partial charge on any atom is 0.408 e. The van der Waals surface area contributed by atoms with Gasteiger partial charge in [0.2, 0.25) is 11.5 Å². The van der Waals surface area contributed by atoms with E-state index in [1.165, 1.54) is 7.05 Å². The SMILES string of the molecule is CC[C@@]1(OC(=O)CN(C)C(=O)CNC(=O)OC(C)(C)C)C(=O)OCc2c1cc1n(c2=O)Cc2cc3ccccc3nc2-1. The average molecular weight is 577 g/mol. The van der Waals surface area contributed by atoms with E-state index in [4.69, 9.17) is 19.2 Å². The van der Waals surface area contributed by atoms with Gasteiger partial charge in [0.25, 0.3) is 5.56 Å². The third-order valence-electron chi connectivity index (χ3n) is 7.25.